The van der Waals surface area contributed by atoms with Crippen LogP contribution in [0.25, 0.3) is 10.9 Å². The first-order valence-corrected chi connectivity index (χ1v) is 8.32. The van der Waals surface area contributed by atoms with Gasteiger partial charge in [0.25, 0.3) is 5.91 Å². The number of nitrogens with one attached hydrogen (secondary N) is 2. The number of hydrogen-bond donors (Lipinski definition) is 2. The molecule has 0 bridgehead atoms. The Hall–Kier alpha value is -2.38. The van der Waals surface area contributed by atoms with Crippen LogP contribution in [0.15, 0.2) is 29.2 Å². The number of rotatable bonds is 5. The topological polar surface area (TPSA) is 83.7 Å². The molecule has 1 aromatic carbocycles. The van der Waals surface area contributed by atoms with Crippen molar-refractivity contribution in [3.05, 3.63) is 40.2 Å². The smallest absolute Gasteiger partial charge is 0.257 e. The van der Waals surface area contributed by atoms with E-state index in [4.69, 9.17) is 9.47 Å². The zero-order valence-corrected chi connectivity index (χ0v) is 14.7. The molecule has 1 saturated heterocycles. The lowest BCUT2D eigenvalue weighted by atomic mass is 10.1. The van der Waals surface area contributed by atoms with Crippen molar-refractivity contribution >= 4 is 16.8 Å². The molecule has 3 rings (SSSR count). The molecule has 0 spiro atoms. The largest absolute Gasteiger partial charge is 0.497 e. The van der Waals surface area contributed by atoms with E-state index in [0.29, 0.717) is 23.2 Å². The van der Waals surface area contributed by atoms with Gasteiger partial charge in [-0.2, -0.15) is 0 Å². The maximum Gasteiger partial charge on any atom is 0.257 e. The maximum absolute atomic E-state index is 12.7. The van der Waals surface area contributed by atoms with Gasteiger partial charge >= 0.3 is 0 Å². The summed E-state index contributed by atoms with van der Waals surface area (Å²) in [5, 5.41) is 3.37. The van der Waals surface area contributed by atoms with E-state index in [9.17, 15) is 9.59 Å². The molecule has 0 aliphatic carbocycles. The second-order valence-corrected chi connectivity index (χ2v) is 6.15. The van der Waals surface area contributed by atoms with Crippen LogP contribution < -0.4 is 15.5 Å². The Morgan fingerprint density at radius 2 is 2.16 bits per heavy atom. The highest BCUT2D eigenvalue weighted by atomic mass is 16.5. The lowest BCUT2D eigenvalue weighted by Crippen LogP contribution is -2.44. The van der Waals surface area contributed by atoms with Crippen LogP contribution in [0.2, 0.25) is 0 Å². The van der Waals surface area contributed by atoms with Gasteiger partial charge in [-0.15, -0.1) is 0 Å². The molecule has 1 aromatic heterocycles. The van der Waals surface area contributed by atoms with Gasteiger partial charge in [-0.05, 0) is 24.7 Å². The summed E-state index contributed by atoms with van der Waals surface area (Å²) >= 11 is 0. The number of hydrogen-bond acceptors (Lipinski definition) is 5. The molecule has 2 atom stereocenters. The predicted octanol–water partition coefficient (Wildman–Crippen LogP) is 0.986. The standard InChI is InChI=1S/C18H23N3O4/c1-4-21-9-15(16(10-21)25-3)20-18(23)13-8-19-14-6-5-11(24-2)7-12(14)17(13)22/h5-8,15-16H,4,9-10H2,1-3H3,(H,19,22)(H,20,23)/t15-,16-/m1/s1. The molecule has 1 fully saturated rings. The number of likely N-dealkylation sites (N-methyl/N-ethyl adjacent to an activating group) is 1. The number of carbonyl (C=O) groups is 1. The number of nitrogens with zero attached hydrogens (tertiary/aromatic N) is 1. The van der Waals surface area contributed by atoms with E-state index in [0.717, 1.165) is 13.1 Å². The molecule has 2 aromatic rings. The Balaban J connectivity index is 1.87. The van der Waals surface area contributed by atoms with Crippen LogP contribution in [0, 0.1) is 0 Å². The van der Waals surface area contributed by atoms with E-state index in [1.165, 1.54) is 13.3 Å². The van der Waals surface area contributed by atoms with Gasteiger partial charge in [0.2, 0.25) is 5.43 Å². The molecule has 0 unspecified atom stereocenters. The lowest BCUT2D eigenvalue weighted by Gasteiger charge is -2.18. The minimum absolute atomic E-state index is 0.0801. The van der Waals surface area contributed by atoms with Crippen molar-refractivity contribution < 1.29 is 14.3 Å². The van der Waals surface area contributed by atoms with Crippen LogP contribution in [0.1, 0.15) is 17.3 Å². The van der Waals surface area contributed by atoms with E-state index >= 15 is 0 Å². The summed E-state index contributed by atoms with van der Waals surface area (Å²) in [6.07, 6.45) is 1.38. The van der Waals surface area contributed by atoms with Gasteiger partial charge in [0.05, 0.1) is 19.3 Å². The number of amides is 1. The summed E-state index contributed by atoms with van der Waals surface area (Å²) < 4.78 is 10.6. The number of aromatic amines is 1. The molecule has 1 amide bonds. The molecule has 25 heavy (non-hydrogen) atoms. The van der Waals surface area contributed by atoms with Gasteiger partial charge in [0.15, 0.2) is 0 Å². The van der Waals surface area contributed by atoms with Gasteiger partial charge in [-0.25, -0.2) is 0 Å². The Bertz CT molecular complexity index is 833. The number of methoxy groups -OCH3 is 2. The first-order chi connectivity index (χ1) is 12.1. The van der Waals surface area contributed by atoms with Crippen molar-refractivity contribution in [2.45, 2.75) is 19.1 Å². The third-order valence-corrected chi connectivity index (χ3v) is 4.74. The van der Waals surface area contributed by atoms with E-state index in [-0.39, 0.29) is 23.1 Å². The van der Waals surface area contributed by atoms with Crippen LogP contribution in [0.5, 0.6) is 5.75 Å². The van der Waals surface area contributed by atoms with Crippen LogP contribution in [-0.2, 0) is 4.74 Å². The zero-order valence-electron chi connectivity index (χ0n) is 14.7. The fourth-order valence-corrected chi connectivity index (χ4v) is 3.23. The molecule has 7 heteroatoms. The third-order valence-electron chi connectivity index (χ3n) is 4.74. The van der Waals surface area contributed by atoms with Gasteiger partial charge in [0.1, 0.15) is 11.3 Å². The van der Waals surface area contributed by atoms with Crippen molar-refractivity contribution in [3.8, 4) is 5.75 Å². The first kappa shape index (κ1) is 17.4. The number of carbonyl (C=O) groups excluding carboxylic acids is 1. The number of ether oxygens (including phenoxy) is 2. The minimum Gasteiger partial charge on any atom is -0.497 e. The summed E-state index contributed by atoms with van der Waals surface area (Å²) in [5.41, 5.74) is 0.435. The maximum atomic E-state index is 12.7. The highest BCUT2D eigenvalue weighted by molar-refractivity contribution is 5.97. The Morgan fingerprint density at radius 1 is 1.36 bits per heavy atom. The first-order valence-electron chi connectivity index (χ1n) is 8.32. The number of pyridine rings is 1. The summed E-state index contributed by atoms with van der Waals surface area (Å²) in [7, 11) is 3.18. The lowest BCUT2D eigenvalue weighted by molar-refractivity contribution is 0.0761. The zero-order chi connectivity index (χ0) is 18.0. The van der Waals surface area contributed by atoms with Crippen LogP contribution in [-0.4, -0.2) is 61.8 Å². The molecule has 7 nitrogen and oxygen atoms in total. The molecular formula is C18H23N3O4. The van der Waals surface area contributed by atoms with Crippen molar-refractivity contribution in [3.63, 3.8) is 0 Å². The second-order valence-electron chi connectivity index (χ2n) is 6.15. The minimum atomic E-state index is -0.393. The van der Waals surface area contributed by atoms with Crippen molar-refractivity contribution in [1.29, 1.82) is 0 Å². The van der Waals surface area contributed by atoms with Gasteiger partial charge < -0.3 is 19.8 Å². The van der Waals surface area contributed by atoms with Gasteiger partial charge in [0, 0.05) is 37.3 Å². The summed E-state index contributed by atoms with van der Waals surface area (Å²) in [6.45, 7) is 4.43. The summed E-state index contributed by atoms with van der Waals surface area (Å²) in [6, 6.07) is 5.02. The molecule has 1 aliphatic heterocycles. The Labute approximate surface area is 145 Å². The number of fused-ring (bicyclic) bond motifs is 1. The SMILES string of the molecule is CCN1C[C@@H](NC(=O)c2c[nH]c3ccc(OC)cc3c2=O)[C@H](OC)C1. The molecule has 1 aliphatic rings. The fourth-order valence-electron chi connectivity index (χ4n) is 3.23. The molecule has 2 N–H and O–H groups in total. The average Bonchev–Trinajstić information content (AvgIpc) is 3.03. The van der Waals surface area contributed by atoms with Gasteiger partial charge in [-0.3, -0.25) is 14.5 Å². The highest BCUT2D eigenvalue weighted by Crippen LogP contribution is 2.17. The van der Waals surface area contributed by atoms with Crippen LogP contribution >= 0.6 is 0 Å². The number of aromatic nitrogens is 1. The van der Waals surface area contributed by atoms with Gasteiger partial charge in [-0.1, -0.05) is 6.92 Å². The van der Waals surface area contributed by atoms with Crippen molar-refractivity contribution in [2.24, 2.45) is 0 Å². The molecular weight excluding hydrogens is 322 g/mol. The van der Waals surface area contributed by atoms with Crippen molar-refractivity contribution in [1.82, 2.24) is 15.2 Å². The molecule has 2 heterocycles. The van der Waals surface area contributed by atoms with E-state index in [1.807, 2.05) is 0 Å². The number of likely N-dealkylation sites (tertiary alicyclic amines) is 1. The third kappa shape index (κ3) is 3.38. The number of benzene rings is 1. The summed E-state index contributed by atoms with van der Waals surface area (Å²) in [5.74, 6) is 0.181. The van der Waals surface area contributed by atoms with Crippen LogP contribution in [0.3, 0.4) is 0 Å². The Kier molecular flexibility index (Phi) is 5.06. The number of H-pyrrole nitrogens is 1. The monoisotopic (exact) mass is 345 g/mol. The molecule has 0 radical (unpaired) electrons. The van der Waals surface area contributed by atoms with E-state index in [1.54, 1.807) is 25.3 Å². The predicted molar refractivity (Wildman–Crippen MR) is 95.3 cm³/mol. The Morgan fingerprint density at radius 3 is 2.84 bits per heavy atom. The average molecular weight is 345 g/mol. The fraction of sp³-hybridized carbons (Fsp3) is 0.444. The normalized spacial score (nSPS) is 20.8. The quantitative estimate of drug-likeness (QED) is 0.844. The van der Waals surface area contributed by atoms with E-state index in [2.05, 4.69) is 22.1 Å². The highest BCUT2D eigenvalue weighted by Gasteiger charge is 2.33. The van der Waals surface area contributed by atoms with Crippen LogP contribution in [0.4, 0.5) is 0 Å². The van der Waals surface area contributed by atoms with E-state index < -0.39 is 5.91 Å². The summed E-state index contributed by atoms with van der Waals surface area (Å²) in [4.78, 5) is 30.6. The molecule has 134 valence electrons. The molecule has 0 saturated carbocycles. The van der Waals surface area contributed by atoms with Crippen molar-refractivity contribution in [2.75, 3.05) is 33.9 Å². The second kappa shape index (κ2) is 7.25.